The topological polar surface area (TPSA) is 55.8 Å². The minimum atomic E-state index is -1.75. The Bertz CT molecular complexity index is 637. The molecule has 0 heterocycles. The summed E-state index contributed by atoms with van der Waals surface area (Å²) >= 11 is 0. The number of aliphatic hydroxyl groups is 1. The van der Waals surface area contributed by atoms with Crippen molar-refractivity contribution in [3.8, 4) is 5.75 Å². The van der Waals surface area contributed by atoms with E-state index in [2.05, 4.69) is 0 Å². The SMILES string of the molecule is CCC1=C(OC(C)(C)C)C(O)(c2cc(C)ccc2OC)C1=O. The summed E-state index contributed by atoms with van der Waals surface area (Å²) in [6, 6.07) is 5.41. The van der Waals surface area contributed by atoms with Gasteiger partial charge in [0.25, 0.3) is 0 Å². The molecule has 0 radical (unpaired) electrons. The number of hydrogen-bond donors (Lipinski definition) is 1. The van der Waals surface area contributed by atoms with E-state index in [9.17, 15) is 9.90 Å². The van der Waals surface area contributed by atoms with Crippen LogP contribution in [0.1, 0.15) is 45.2 Å². The standard InChI is InChI=1S/C18H24O4/c1-7-12-15(19)18(20,16(12)22-17(3,4)5)13-10-11(2)8-9-14(13)21-6/h8-10,20H,7H2,1-6H3. The molecule has 4 heteroatoms. The van der Waals surface area contributed by atoms with Gasteiger partial charge in [0.2, 0.25) is 11.4 Å². The predicted octanol–water partition coefficient (Wildman–Crippen LogP) is 3.25. The summed E-state index contributed by atoms with van der Waals surface area (Å²) < 4.78 is 11.2. The van der Waals surface area contributed by atoms with Crippen LogP contribution < -0.4 is 4.74 Å². The van der Waals surface area contributed by atoms with Crippen LogP contribution in [0.3, 0.4) is 0 Å². The number of carbonyl (C=O) groups is 1. The van der Waals surface area contributed by atoms with E-state index >= 15 is 0 Å². The molecule has 1 unspecified atom stereocenters. The average Bonchev–Trinajstić information content (AvgIpc) is 2.45. The highest BCUT2D eigenvalue weighted by Crippen LogP contribution is 2.49. The third kappa shape index (κ3) is 2.52. The molecule has 1 N–H and O–H groups in total. The normalized spacial score (nSPS) is 21.7. The summed E-state index contributed by atoms with van der Waals surface area (Å²) in [6.45, 7) is 9.47. The van der Waals surface area contributed by atoms with E-state index in [-0.39, 0.29) is 5.78 Å². The summed E-state index contributed by atoms with van der Waals surface area (Å²) in [5.74, 6) is 0.515. The van der Waals surface area contributed by atoms with Crippen molar-refractivity contribution in [3.63, 3.8) is 0 Å². The van der Waals surface area contributed by atoms with E-state index in [1.807, 2.05) is 40.7 Å². The summed E-state index contributed by atoms with van der Waals surface area (Å²) in [6.07, 6.45) is 0.528. The van der Waals surface area contributed by atoms with Crippen LogP contribution in [-0.4, -0.2) is 23.6 Å². The monoisotopic (exact) mass is 304 g/mol. The molecule has 0 saturated heterocycles. The number of Topliss-reactive ketones (excluding diaryl/α,β-unsaturated/α-hetero) is 1. The third-order valence-corrected chi connectivity index (χ3v) is 3.71. The van der Waals surface area contributed by atoms with Crippen molar-refractivity contribution in [2.24, 2.45) is 0 Å². The molecule has 0 aliphatic heterocycles. The highest BCUT2D eigenvalue weighted by molar-refractivity contribution is 6.12. The van der Waals surface area contributed by atoms with Gasteiger partial charge >= 0.3 is 0 Å². The average molecular weight is 304 g/mol. The maximum absolute atomic E-state index is 12.5. The van der Waals surface area contributed by atoms with E-state index in [4.69, 9.17) is 9.47 Å². The minimum absolute atomic E-state index is 0.307. The van der Waals surface area contributed by atoms with Gasteiger partial charge in [0.15, 0.2) is 0 Å². The lowest BCUT2D eigenvalue weighted by molar-refractivity contribution is -0.146. The quantitative estimate of drug-likeness (QED) is 0.927. The first-order valence-electron chi connectivity index (χ1n) is 7.50. The molecule has 0 amide bonds. The van der Waals surface area contributed by atoms with E-state index in [1.165, 1.54) is 7.11 Å². The van der Waals surface area contributed by atoms with Crippen molar-refractivity contribution in [1.29, 1.82) is 0 Å². The molecule has 4 nitrogen and oxygen atoms in total. The molecule has 22 heavy (non-hydrogen) atoms. The first-order valence-corrected chi connectivity index (χ1v) is 7.50. The molecule has 1 aromatic carbocycles. The second-order valence-corrected chi connectivity index (χ2v) is 6.62. The van der Waals surface area contributed by atoms with Crippen LogP contribution in [0.2, 0.25) is 0 Å². The number of rotatable bonds is 4. The fourth-order valence-electron chi connectivity index (χ4n) is 2.69. The summed E-state index contributed by atoms with van der Waals surface area (Å²) in [7, 11) is 1.52. The Morgan fingerprint density at radius 3 is 2.41 bits per heavy atom. The van der Waals surface area contributed by atoms with Crippen molar-refractivity contribution in [2.45, 2.75) is 52.2 Å². The van der Waals surface area contributed by atoms with Gasteiger partial charge in [-0.05, 0) is 46.2 Å². The maximum atomic E-state index is 12.5. The van der Waals surface area contributed by atoms with Crippen molar-refractivity contribution < 1.29 is 19.4 Å². The van der Waals surface area contributed by atoms with Crippen LogP contribution in [-0.2, 0) is 15.1 Å². The number of hydrogen-bond acceptors (Lipinski definition) is 4. The van der Waals surface area contributed by atoms with Gasteiger partial charge in [-0.2, -0.15) is 0 Å². The fourth-order valence-corrected chi connectivity index (χ4v) is 2.69. The van der Waals surface area contributed by atoms with Gasteiger partial charge in [-0.15, -0.1) is 0 Å². The molecule has 0 aromatic heterocycles. The van der Waals surface area contributed by atoms with Gasteiger partial charge in [0.1, 0.15) is 17.1 Å². The highest BCUT2D eigenvalue weighted by Gasteiger charge is 2.57. The summed E-state index contributed by atoms with van der Waals surface area (Å²) in [5, 5.41) is 11.1. The van der Waals surface area contributed by atoms with Crippen molar-refractivity contribution in [3.05, 3.63) is 40.7 Å². The lowest BCUT2D eigenvalue weighted by Gasteiger charge is -2.42. The zero-order valence-electron chi connectivity index (χ0n) is 14.1. The zero-order valence-corrected chi connectivity index (χ0v) is 14.1. The van der Waals surface area contributed by atoms with Crippen molar-refractivity contribution in [1.82, 2.24) is 0 Å². The molecule has 0 spiro atoms. The molecule has 1 aliphatic rings. The fraction of sp³-hybridized carbons (Fsp3) is 0.500. The molecule has 2 rings (SSSR count). The number of methoxy groups -OCH3 is 1. The first kappa shape index (κ1) is 16.6. The van der Waals surface area contributed by atoms with Crippen molar-refractivity contribution in [2.75, 3.05) is 7.11 Å². The Morgan fingerprint density at radius 1 is 1.27 bits per heavy atom. The maximum Gasteiger partial charge on any atom is 0.214 e. The molecule has 0 fully saturated rings. The lowest BCUT2D eigenvalue weighted by Crippen LogP contribution is -2.51. The van der Waals surface area contributed by atoms with Gasteiger partial charge in [-0.25, -0.2) is 0 Å². The highest BCUT2D eigenvalue weighted by atomic mass is 16.5. The van der Waals surface area contributed by atoms with Crippen LogP contribution in [0.4, 0.5) is 0 Å². The Hall–Kier alpha value is -1.81. The van der Waals surface area contributed by atoms with Crippen LogP contribution in [0, 0.1) is 6.92 Å². The number of aryl methyl sites for hydroxylation is 1. The third-order valence-electron chi connectivity index (χ3n) is 3.71. The van der Waals surface area contributed by atoms with E-state index in [1.54, 1.807) is 12.1 Å². The zero-order chi connectivity index (χ0) is 16.7. The van der Waals surface area contributed by atoms with Gasteiger partial charge in [-0.3, -0.25) is 4.79 Å². The Kier molecular flexibility index (Phi) is 4.09. The number of carbonyl (C=O) groups excluding carboxylic acids is 1. The molecule has 1 aromatic rings. The van der Waals surface area contributed by atoms with Gasteiger partial charge in [0.05, 0.1) is 7.11 Å². The Morgan fingerprint density at radius 2 is 1.91 bits per heavy atom. The van der Waals surface area contributed by atoms with Crippen molar-refractivity contribution >= 4 is 5.78 Å². The summed E-state index contributed by atoms with van der Waals surface area (Å²) in [5.41, 5.74) is -0.327. The number of ether oxygens (including phenoxy) is 2. The van der Waals surface area contributed by atoms with Gasteiger partial charge < -0.3 is 14.6 Å². The van der Waals surface area contributed by atoms with Gasteiger partial charge in [0, 0.05) is 11.1 Å². The van der Waals surface area contributed by atoms with Crippen LogP contribution >= 0.6 is 0 Å². The Balaban J connectivity index is 2.60. The smallest absolute Gasteiger partial charge is 0.214 e. The molecule has 1 aliphatic carbocycles. The number of ketones is 1. The van der Waals surface area contributed by atoms with Crippen LogP contribution in [0.25, 0.3) is 0 Å². The van der Waals surface area contributed by atoms with Crippen LogP contribution in [0.5, 0.6) is 5.75 Å². The van der Waals surface area contributed by atoms with E-state index in [0.29, 0.717) is 29.1 Å². The van der Waals surface area contributed by atoms with Gasteiger partial charge in [-0.1, -0.05) is 18.6 Å². The Labute approximate surface area is 131 Å². The molecule has 0 saturated carbocycles. The van der Waals surface area contributed by atoms with E-state index < -0.39 is 11.2 Å². The molecular formula is C18H24O4. The lowest BCUT2D eigenvalue weighted by atomic mass is 9.71. The predicted molar refractivity (Wildman–Crippen MR) is 84.8 cm³/mol. The largest absolute Gasteiger partial charge is 0.496 e. The first-order chi connectivity index (χ1) is 10.1. The second-order valence-electron chi connectivity index (χ2n) is 6.62. The number of benzene rings is 1. The molecule has 0 bridgehead atoms. The second kappa shape index (κ2) is 5.43. The summed E-state index contributed by atoms with van der Waals surface area (Å²) in [4.78, 5) is 12.5. The molecular weight excluding hydrogens is 280 g/mol. The minimum Gasteiger partial charge on any atom is -0.496 e. The van der Waals surface area contributed by atoms with E-state index in [0.717, 1.165) is 5.56 Å². The van der Waals surface area contributed by atoms with Crippen LogP contribution in [0.15, 0.2) is 29.5 Å². The molecule has 120 valence electrons. The molecule has 1 atom stereocenters.